The van der Waals surface area contributed by atoms with Crippen LogP contribution in [-0.4, -0.2) is 29.7 Å². The normalized spacial score (nSPS) is 18.6. The molecule has 0 aliphatic carbocycles. The summed E-state index contributed by atoms with van der Waals surface area (Å²) in [4.78, 5) is 11.8. The van der Waals surface area contributed by atoms with Crippen LogP contribution >= 0.6 is 0 Å². The number of aliphatic hydroxyl groups is 1. The number of carbonyl (C=O) groups is 1. The van der Waals surface area contributed by atoms with Gasteiger partial charge in [-0.05, 0) is 38.1 Å². The predicted octanol–water partition coefficient (Wildman–Crippen LogP) is 1.13. The van der Waals surface area contributed by atoms with Gasteiger partial charge in [0.25, 0.3) is 0 Å². The van der Waals surface area contributed by atoms with Crippen molar-refractivity contribution in [1.29, 1.82) is 0 Å². The SMILES string of the molecule is O=C(CC1(O)CCNCC1)Nc1ccccc1. The molecule has 0 saturated carbocycles. The number of nitrogens with one attached hydrogen (secondary N) is 2. The Kier molecular flexibility index (Phi) is 3.76. The first-order valence-corrected chi connectivity index (χ1v) is 5.96. The molecule has 0 spiro atoms. The zero-order chi connectivity index (χ0) is 12.1. The first-order chi connectivity index (χ1) is 8.18. The number of piperidine rings is 1. The molecule has 1 aliphatic heterocycles. The summed E-state index contributed by atoms with van der Waals surface area (Å²) in [5.74, 6) is -0.124. The molecule has 1 saturated heterocycles. The van der Waals surface area contributed by atoms with Crippen molar-refractivity contribution in [3.63, 3.8) is 0 Å². The van der Waals surface area contributed by atoms with E-state index in [-0.39, 0.29) is 12.3 Å². The molecule has 1 aromatic carbocycles. The van der Waals surface area contributed by atoms with E-state index >= 15 is 0 Å². The average Bonchev–Trinajstić information content (AvgIpc) is 2.30. The van der Waals surface area contributed by atoms with Crippen LogP contribution in [0.2, 0.25) is 0 Å². The van der Waals surface area contributed by atoms with E-state index in [1.807, 2.05) is 30.3 Å². The van der Waals surface area contributed by atoms with Crippen molar-refractivity contribution < 1.29 is 9.90 Å². The summed E-state index contributed by atoms with van der Waals surface area (Å²) in [7, 11) is 0. The molecule has 1 aromatic rings. The molecule has 4 nitrogen and oxygen atoms in total. The lowest BCUT2D eigenvalue weighted by molar-refractivity contribution is -0.122. The summed E-state index contributed by atoms with van der Waals surface area (Å²) in [6.07, 6.45) is 1.44. The van der Waals surface area contributed by atoms with Crippen LogP contribution in [0.3, 0.4) is 0 Å². The molecule has 1 heterocycles. The lowest BCUT2D eigenvalue weighted by atomic mass is 9.89. The summed E-state index contributed by atoms with van der Waals surface area (Å²) < 4.78 is 0. The third-order valence-electron chi connectivity index (χ3n) is 3.08. The fraction of sp³-hybridized carbons (Fsp3) is 0.462. The second-order valence-corrected chi connectivity index (χ2v) is 4.57. The number of hydrogen-bond acceptors (Lipinski definition) is 3. The molecule has 3 N–H and O–H groups in total. The largest absolute Gasteiger partial charge is 0.389 e. The molecule has 0 unspecified atom stereocenters. The lowest BCUT2D eigenvalue weighted by Crippen LogP contribution is -2.44. The second-order valence-electron chi connectivity index (χ2n) is 4.57. The number of carbonyl (C=O) groups excluding carboxylic acids is 1. The van der Waals surface area contributed by atoms with Crippen molar-refractivity contribution in [2.24, 2.45) is 0 Å². The van der Waals surface area contributed by atoms with Gasteiger partial charge in [0.05, 0.1) is 12.0 Å². The average molecular weight is 234 g/mol. The van der Waals surface area contributed by atoms with Gasteiger partial charge >= 0.3 is 0 Å². The molecule has 1 fully saturated rings. The van der Waals surface area contributed by atoms with E-state index in [1.54, 1.807) is 0 Å². The Balaban J connectivity index is 1.88. The number of rotatable bonds is 3. The molecule has 2 rings (SSSR count). The first kappa shape index (κ1) is 12.1. The Morgan fingerprint density at radius 2 is 1.94 bits per heavy atom. The Bertz CT molecular complexity index is 372. The van der Waals surface area contributed by atoms with Crippen molar-refractivity contribution in [3.05, 3.63) is 30.3 Å². The minimum Gasteiger partial charge on any atom is -0.389 e. The van der Waals surface area contributed by atoms with Gasteiger partial charge in [0.2, 0.25) is 5.91 Å². The van der Waals surface area contributed by atoms with Gasteiger partial charge in [0, 0.05) is 5.69 Å². The number of amides is 1. The maximum Gasteiger partial charge on any atom is 0.227 e. The smallest absolute Gasteiger partial charge is 0.227 e. The van der Waals surface area contributed by atoms with E-state index in [1.165, 1.54) is 0 Å². The van der Waals surface area contributed by atoms with Gasteiger partial charge in [0.15, 0.2) is 0 Å². The van der Waals surface area contributed by atoms with E-state index in [4.69, 9.17) is 0 Å². The fourth-order valence-corrected chi connectivity index (χ4v) is 2.09. The zero-order valence-electron chi connectivity index (χ0n) is 9.78. The molecule has 0 atom stereocenters. The summed E-state index contributed by atoms with van der Waals surface area (Å²) in [5, 5.41) is 16.2. The molecule has 0 radical (unpaired) electrons. The van der Waals surface area contributed by atoms with Gasteiger partial charge < -0.3 is 15.7 Å². The summed E-state index contributed by atoms with van der Waals surface area (Å²) >= 11 is 0. The van der Waals surface area contributed by atoms with Crippen LogP contribution in [0.25, 0.3) is 0 Å². The van der Waals surface area contributed by atoms with Crippen LogP contribution in [-0.2, 0) is 4.79 Å². The summed E-state index contributed by atoms with van der Waals surface area (Å²) in [5.41, 5.74) is -0.0700. The van der Waals surface area contributed by atoms with Gasteiger partial charge in [-0.3, -0.25) is 4.79 Å². The number of para-hydroxylation sites is 1. The highest BCUT2D eigenvalue weighted by Crippen LogP contribution is 2.22. The first-order valence-electron chi connectivity index (χ1n) is 5.96. The molecule has 1 aliphatic rings. The van der Waals surface area contributed by atoms with E-state index in [0.29, 0.717) is 12.8 Å². The Morgan fingerprint density at radius 3 is 2.59 bits per heavy atom. The van der Waals surface area contributed by atoms with Crippen molar-refractivity contribution in [1.82, 2.24) is 5.32 Å². The molecular weight excluding hydrogens is 216 g/mol. The van der Waals surface area contributed by atoms with Crippen molar-refractivity contribution in [2.45, 2.75) is 24.9 Å². The van der Waals surface area contributed by atoms with Crippen molar-refractivity contribution in [2.75, 3.05) is 18.4 Å². The van der Waals surface area contributed by atoms with Gasteiger partial charge in [-0.25, -0.2) is 0 Å². The Hall–Kier alpha value is -1.39. The highest BCUT2D eigenvalue weighted by Gasteiger charge is 2.31. The van der Waals surface area contributed by atoms with Crippen molar-refractivity contribution >= 4 is 11.6 Å². The predicted molar refractivity (Wildman–Crippen MR) is 66.7 cm³/mol. The third-order valence-corrected chi connectivity index (χ3v) is 3.08. The van der Waals surface area contributed by atoms with E-state index in [2.05, 4.69) is 10.6 Å². The van der Waals surface area contributed by atoms with Crippen LogP contribution in [0, 0.1) is 0 Å². The fourth-order valence-electron chi connectivity index (χ4n) is 2.09. The molecule has 92 valence electrons. The number of anilines is 1. The molecular formula is C13H18N2O2. The zero-order valence-corrected chi connectivity index (χ0v) is 9.78. The molecule has 0 aromatic heterocycles. The van der Waals surface area contributed by atoms with Crippen LogP contribution < -0.4 is 10.6 Å². The number of hydrogen-bond donors (Lipinski definition) is 3. The van der Waals surface area contributed by atoms with Gasteiger partial charge in [-0.1, -0.05) is 18.2 Å². The minimum absolute atomic E-state index is 0.124. The van der Waals surface area contributed by atoms with Crippen LogP contribution in [0.5, 0.6) is 0 Å². The van der Waals surface area contributed by atoms with Gasteiger partial charge in [-0.15, -0.1) is 0 Å². The van der Waals surface area contributed by atoms with E-state index in [0.717, 1.165) is 18.8 Å². The van der Waals surface area contributed by atoms with Gasteiger partial charge in [-0.2, -0.15) is 0 Å². The van der Waals surface area contributed by atoms with Crippen LogP contribution in [0.1, 0.15) is 19.3 Å². The standard InChI is InChI=1S/C13H18N2O2/c16-12(15-11-4-2-1-3-5-11)10-13(17)6-8-14-9-7-13/h1-5,14,17H,6-10H2,(H,15,16). The van der Waals surface area contributed by atoms with E-state index < -0.39 is 5.60 Å². The molecule has 17 heavy (non-hydrogen) atoms. The lowest BCUT2D eigenvalue weighted by Gasteiger charge is -2.31. The minimum atomic E-state index is -0.843. The van der Waals surface area contributed by atoms with Crippen LogP contribution in [0.4, 0.5) is 5.69 Å². The maximum absolute atomic E-state index is 11.8. The van der Waals surface area contributed by atoms with Crippen molar-refractivity contribution in [3.8, 4) is 0 Å². The summed E-state index contributed by atoms with van der Waals surface area (Å²) in [6.45, 7) is 1.55. The maximum atomic E-state index is 11.8. The quantitative estimate of drug-likeness (QED) is 0.734. The molecule has 4 heteroatoms. The second kappa shape index (κ2) is 5.29. The van der Waals surface area contributed by atoms with E-state index in [9.17, 15) is 9.90 Å². The molecule has 0 bridgehead atoms. The number of benzene rings is 1. The third kappa shape index (κ3) is 3.54. The van der Waals surface area contributed by atoms with Crippen LogP contribution in [0.15, 0.2) is 30.3 Å². The Labute approximate surface area is 101 Å². The molecule has 1 amide bonds. The highest BCUT2D eigenvalue weighted by atomic mass is 16.3. The highest BCUT2D eigenvalue weighted by molar-refractivity contribution is 5.91. The topological polar surface area (TPSA) is 61.4 Å². The van der Waals surface area contributed by atoms with Gasteiger partial charge in [0.1, 0.15) is 0 Å². The summed E-state index contributed by atoms with van der Waals surface area (Å²) in [6, 6.07) is 9.31. The monoisotopic (exact) mass is 234 g/mol. The Morgan fingerprint density at radius 1 is 1.29 bits per heavy atom.